The van der Waals surface area contributed by atoms with Gasteiger partial charge in [0.1, 0.15) is 8.38 Å². The molecule has 4 rings (SSSR count). The fourth-order valence-electron chi connectivity index (χ4n) is 1.50. The first-order chi connectivity index (χ1) is 10.5. The van der Waals surface area contributed by atoms with Crippen molar-refractivity contribution in [1.82, 2.24) is 0 Å². The van der Waals surface area contributed by atoms with Crippen LogP contribution in [0, 0.1) is 0 Å². The van der Waals surface area contributed by atoms with E-state index in [1.54, 1.807) is 58.4 Å². The van der Waals surface area contributed by atoms with Gasteiger partial charge in [-0.15, -0.1) is 11.3 Å². The molecule has 22 heavy (non-hydrogen) atoms. The molecule has 2 aliphatic heterocycles. The van der Waals surface area contributed by atoms with E-state index in [-0.39, 0.29) is 8.80 Å². The molecule has 2 aliphatic rings. The number of thioether (sulfide) groups is 4. The summed E-state index contributed by atoms with van der Waals surface area (Å²) >= 11 is 16.8. The van der Waals surface area contributed by atoms with Crippen LogP contribution >= 0.6 is 138 Å². The lowest BCUT2D eigenvalue weighted by Crippen LogP contribution is -2.14. The van der Waals surface area contributed by atoms with Crippen LogP contribution in [0.2, 0.25) is 0 Å². The van der Waals surface area contributed by atoms with E-state index >= 15 is 0 Å². The molecule has 0 fully saturated rings. The average molecular weight is 662 g/mol. The number of rotatable bonds is 0. The Hall–Kier alpha value is 2.04. The van der Waals surface area contributed by atoms with Crippen molar-refractivity contribution in [2.24, 2.45) is 0 Å². The summed E-state index contributed by atoms with van der Waals surface area (Å²) in [6, 6.07) is 0. The zero-order chi connectivity index (χ0) is 15.4. The second-order valence-electron chi connectivity index (χ2n) is 3.67. The summed E-state index contributed by atoms with van der Waals surface area (Å²) in [6.45, 7) is 0. The molecule has 114 valence electrons. The molecule has 12 heteroatoms. The fraction of sp³-hybridized carbons (Fsp3) is 0. The minimum atomic E-state index is 0.128. The topological polar surface area (TPSA) is 34.1 Å². The monoisotopic (exact) mass is 662 g/mol. The smallest absolute Gasteiger partial charge is 0.276 e. The van der Waals surface area contributed by atoms with Crippen LogP contribution in [0.15, 0.2) is 23.8 Å². The second-order valence-corrected chi connectivity index (χ2v) is 16.9. The van der Waals surface area contributed by atoms with E-state index < -0.39 is 0 Å². The molecule has 0 atom stereocenters. The Morgan fingerprint density at radius 2 is 1.27 bits per heavy atom. The Morgan fingerprint density at radius 3 is 1.86 bits per heavy atom. The van der Waals surface area contributed by atoms with E-state index in [0.29, 0.717) is 0 Å². The molecule has 2 nitrogen and oxygen atoms in total. The highest BCUT2D eigenvalue weighted by Gasteiger charge is 2.24. The van der Waals surface area contributed by atoms with E-state index in [2.05, 4.69) is 45.2 Å². The van der Waals surface area contributed by atoms with Crippen LogP contribution in [-0.2, 0) is 0 Å². The van der Waals surface area contributed by atoms with Crippen molar-refractivity contribution >= 4 is 146 Å². The number of halogens is 2. The van der Waals surface area contributed by atoms with Gasteiger partial charge in [-0.3, -0.25) is 9.59 Å². The second kappa shape index (κ2) is 6.98. The van der Waals surface area contributed by atoms with Gasteiger partial charge in [-0.1, -0.05) is 81.1 Å². The van der Waals surface area contributed by atoms with Gasteiger partial charge in [0, 0.05) is 0 Å². The third-order valence-corrected chi connectivity index (χ3v) is 17.0. The lowest BCUT2D eigenvalue weighted by Gasteiger charge is -1.89. The van der Waals surface area contributed by atoms with Gasteiger partial charge in [0.15, 0.2) is 0 Å². The number of fused-ring (bicyclic) bond motifs is 1. The molecule has 0 unspecified atom stereocenters. The molecule has 2 aromatic rings. The van der Waals surface area contributed by atoms with E-state index in [1.807, 2.05) is 0 Å². The molecule has 0 spiro atoms. The first kappa shape index (κ1) is 17.5. The largest absolute Gasteiger partial charge is 0.289 e. The van der Waals surface area contributed by atoms with Crippen LogP contribution < -0.4 is 17.2 Å². The Bertz CT molecular complexity index is 1010. The maximum Gasteiger partial charge on any atom is 0.289 e. The lowest BCUT2D eigenvalue weighted by molar-refractivity contribution is 1.56. The number of hydrogen-bond donors (Lipinski definition) is 0. The van der Waals surface area contributed by atoms with E-state index in [4.69, 9.17) is 0 Å². The van der Waals surface area contributed by atoms with Crippen molar-refractivity contribution in [2.45, 2.75) is 8.42 Å². The molecule has 2 aromatic heterocycles. The van der Waals surface area contributed by atoms with Gasteiger partial charge < -0.3 is 0 Å². The molecule has 0 radical (unpaired) electrons. The van der Waals surface area contributed by atoms with E-state index in [9.17, 15) is 9.59 Å². The summed E-state index contributed by atoms with van der Waals surface area (Å²) in [5, 5.41) is 0. The molecule has 0 aliphatic carbocycles. The summed E-state index contributed by atoms with van der Waals surface area (Å²) in [6.07, 6.45) is 0. The molecular weight excluding hydrogens is 662 g/mol. The molecule has 0 saturated heterocycles. The van der Waals surface area contributed by atoms with Gasteiger partial charge in [0.25, 0.3) is 8.80 Å². The van der Waals surface area contributed by atoms with Gasteiger partial charge in [0.2, 0.25) is 0 Å². The van der Waals surface area contributed by atoms with E-state index in [0.717, 1.165) is 21.0 Å². The van der Waals surface area contributed by atoms with Gasteiger partial charge in [-0.25, -0.2) is 0 Å². The van der Waals surface area contributed by atoms with Crippen molar-refractivity contribution in [3.63, 3.8) is 0 Å². The molecule has 0 bridgehead atoms. The van der Waals surface area contributed by atoms with Crippen molar-refractivity contribution in [3.8, 4) is 0 Å². The summed E-state index contributed by atoms with van der Waals surface area (Å²) in [7, 11) is 0. The van der Waals surface area contributed by atoms with Crippen molar-refractivity contribution in [3.05, 3.63) is 32.6 Å². The molecule has 4 heterocycles. The molecule has 0 saturated carbocycles. The summed E-state index contributed by atoms with van der Waals surface area (Å²) in [5.41, 5.74) is 0. The van der Waals surface area contributed by atoms with Gasteiger partial charge in [-0.05, 0) is 45.2 Å². The summed E-state index contributed by atoms with van der Waals surface area (Å²) in [5.74, 6) is 0. The van der Waals surface area contributed by atoms with Crippen LogP contribution in [0.4, 0.5) is 0 Å². The van der Waals surface area contributed by atoms with Gasteiger partial charge >= 0.3 is 0 Å². The van der Waals surface area contributed by atoms with Gasteiger partial charge in [-0.2, -0.15) is 0 Å². The van der Waals surface area contributed by atoms with Crippen LogP contribution in [0.1, 0.15) is 0 Å². The highest BCUT2D eigenvalue weighted by atomic mass is 127. The molecule has 0 aromatic carbocycles. The highest BCUT2D eigenvalue weighted by molar-refractivity contribution is 14.1. The molecule has 0 amide bonds. The zero-order valence-corrected chi connectivity index (χ0v) is 20.7. The first-order valence-corrected chi connectivity index (χ1v) is 14.0. The van der Waals surface area contributed by atoms with Crippen molar-refractivity contribution in [1.29, 1.82) is 0 Å². The van der Waals surface area contributed by atoms with Crippen molar-refractivity contribution < 1.29 is 0 Å². The quantitative estimate of drug-likeness (QED) is 0.363. The summed E-state index contributed by atoms with van der Waals surface area (Å²) in [4.78, 5) is 23.7. The highest BCUT2D eigenvalue weighted by Crippen LogP contribution is 2.56. The van der Waals surface area contributed by atoms with Crippen LogP contribution in [0.25, 0.3) is 8.47 Å². The third kappa shape index (κ3) is 3.34. The van der Waals surface area contributed by atoms with Crippen LogP contribution in [0.3, 0.4) is 0 Å². The number of hydrogen-bond acceptors (Lipinski definition) is 10. The first-order valence-electron chi connectivity index (χ1n) is 5.30. The Labute approximate surface area is 184 Å². The maximum atomic E-state index is 12.4. The zero-order valence-electron chi connectivity index (χ0n) is 9.84. The van der Waals surface area contributed by atoms with Gasteiger partial charge in [0.05, 0.1) is 22.7 Å². The standard InChI is InChI=1S/C10I2O2S8/c11-2-3(12)17-7(16-2)6-15-1(4(13)18-6)5-19-8-9(20-5)22-10(14)21-8. The SMILES string of the molecule is O=c1sc2c(s1)SC(=c1sc(=C3SC(I)=C(I)S3)sc1=O)S2. The minimum absolute atomic E-state index is 0.128. The fourth-order valence-corrected chi connectivity index (χ4v) is 15.0. The normalized spacial score (nSPS) is 17.7. The Balaban J connectivity index is 1.82. The molecule has 0 N–H and O–H groups in total. The Kier molecular flexibility index (Phi) is 5.54. The third-order valence-electron chi connectivity index (χ3n) is 2.33. The predicted molar refractivity (Wildman–Crippen MR) is 125 cm³/mol. The predicted octanol–water partition coefficient (Wildman–Crippen LogP) is 5.16. The van der Waals surface area contributed by atoms with Crippen LogP contribution in [0.5, 0.6) is 0 Å². The van der Waals surface area contributed by atoms with Crippen molar-refractivity contribution in [2.75, 3.05) is 0 Å². The summed E-state index contributed by atoms with van der Waals surface area (Å²) < 4.78 is 9.04. The van der Waals surface area contributed by atoms with Crippen LogP contribution in [-0.4, -0.2) is 0 Å². The maximum absolute atomic E-state index is 12.4. The average Bonchev–Trinajstić information content (AvgIpc) is 3.14. The minimum Gasteiger partial charge on any atom is -0.276 e. The Morgan fingerprint density at radius 1 is 0.682 bits per heavy atom. The molecular formula is C10I2O2S8. The lowest BCUT2D eigenvalue weighted by atomic mass is 10.9. The van der Waals surface area contributed by atoms with E-state index in [1.165, 1.54) is 44.1 Å².